The summed E-state index contributed by atoms with van der Waals surface area (Å²) in [4.78, 5) is 24.2. The van der Waals surface area contributed by atoms with Crippen molar-refractivity contribution in [1.82, 2.24) is 0 Å². The summed E-state index contributed by atoms with van der Waals surface area (Å²) in [6.07, 6.45) is 0.828. The molecule has 0 aromatic rings. The molecule has 2 saturated carbocycles. The molecule has 2 aliphatic carbocycles. The smallest absolute Gasteiger partial charge is 0.334 e. The quantitative estimate of drug-likeness (QED) is 0.531. The highest BCUT2D eigenvalue weighted by Crippen LogP contribution is 2.56. The predicted octanol–water partition coefficient (Wildman–Crippen LogP) is 1.47. The summed E-state index contributed by atoms with van der Waals surface area (Å²) in [6, 6.07) is 0. The summed E-state index contributed by atoms with van der Waals surface area (Å²) in [7, 11) is 0. The minimum absolute atomic E-state index is 0.0243. The van der Waals surface area contributed by atoms with Crippen molar-refractivity contribution in [1.29, 1.82) is 0 Å². The van der Waals surface area contributed by atoms with E-state index in [1.54, 1.807) is 0 Å². The van der Waals surface area contributed by atoms with E-state index in [-0.39, 0.29) is 35.9 Å². The number of rotatable bonds is 0. The Morgan fingerprint density at radius 3 is 2.74 bits per heavy atom. The summed E-state index contributed by atoms with van der Waals surface area (Å²) >= 11 is 0. The Balaban J connectivity index is 2.09. The standard InChI is InChI=1S/C15H20O4/c1-7-4-5-9-8(2)14(18)19-13(9)15(3)11(17)6-10(16)12(7)15/h7,9-10,12-13,16H,2,4-6H2,1,3H3. The third-order valence-electron chi connectivity index (χ3n) is 5.55. The van der Waals surface area contributed by atoms with Crippen molar-refractivity contribution in [3.63, 3.8) is 0 Å². The molecular formula is C15H20O4. The molecule has 0 aromatic carbocycles. The first-order valence-corrected chi connectivity index (χ1v) is 6.98. The molecule has 1 saturated heterocycles. The van der Waals surface area contributed by atoms with Crippen LogP contribution in [-0.2, 0) is 14.3 Å². The van der Waals surface area contributed by atoms with E-state index in [9.17, 15) is 14.7 Å². The van der Waals surface area contributed by atoms with Crippen LogP contribution in [0.5, 0.6) is 0 Å². The zero-order valence-electron chi connectivity index (χ0n) is 11.4. The topological polar surface area (TPSA) is 63.6 Å². The predicted molar refractivity (Wildman–Crippen MR) is 68.1 cm³/mol. The van der Waals surface area contributed by atoms with E-state index < -0.39 is 17.6 Å². The minimum atomic E-state index is -0.755. The van der Waals surface area contributed by atoms with Gasteiger partial charge in [0.2, 0.25) is 0 Å². The largest absolute Gasteiger partial charge is 0.457 e. The third-order valence-corrected chi connectivity index (χ3v) is 5.55. The van der Waals surface area contributed by atoms with E-state index in [2.05, 4.69) is 13.5 Å². The van der Waals surface area contributed by atoms with Crippen molar-refractivity contribution in [2.24, 2.45) is 23.2 Å². The second kappa shape index (κ2) is 3.92. The number of carbonyl (C=O) groups is 2. The SMILES string of the molecule is C=C1C(=O)OC2C1CCC(C)C1C(O)CC(=O)C21C. The van der Waals surface area contributed by atoms with Crippen LogP contribution < -0.4 is 0 Å². The van der Waals surface area contributed by atoms with Gasteiger partial charge in [0.05, 0.1) is 11.5 Å². The summed E-state index contributed by atoms with van der Waals surface area (Å²) in [5.41, 5.74) is -0.261. The number of aliphatic hydroxyl groups is 1. The van der Waals surface area contributed by atoms with Crippen LogP contribution in [0.25, 0.3) is 0 Å². The lowest BCUT2D eigenvalue weighted by atomic mass is 9.68. The average molecular weight is 264 g/mol. The van der Waals surface area contributed by atoms with Crippen LogP contribution in [0.3, 0.4) is 0 Å². The van der Waals surface area contributed by atoms with Gasteiger partial charge in [-0.05, 0) is 25.7 Å². The van der Waals surface area contributed by atoms with Crippen LogP contribution >= 0.6 is 0 Å². The summed E-state index contributed by atoms with van der Waals surface area (Å²) in [5.74, 6) is -0.286. The molecule has 6 atom stereocenters. The fourth-order valence-corrected chi connectivity index (χ4v) is 4.54. The number of fused-ring (bicyclic) bond motifs is 3. The Kier molecular flexibility index (Phi) is 2.65. The summed E-state index contributed by atoms with van der Waals surface area (Å²) in [5, 5.41) is 10.2. The molecule has 1 heterocycles. The van der Waals surface area contributed by atoms with Crippen molar-refractivity contribution >= 4 is 11.8 Å². The van der Waals surface area contributed by atoms with Gasteiger partial charge in [0.15, 0.2) is 0 Å². The van der Waals surface area contributed by atoms with Crippen molar-refractivity contribution in [3.8, 4) is 0 Å². The fourth-order valence-electron chi connectivity index (χ4n) is 4.54. The van der Waals surface area contributed by atoms with Crippen LogP contribution in [0, 0.1) is 23.2 Å². The van der Waals surface area contributed by atoms with Crippen LogP contribution in [0.1, 0.15) is 33.1 Å². The molecule has 4 heteroatoms. The van der Waals surface area contributed by atoms with Gasteiger partial charge in [-0.2, -0.15) is 0 Å². The lowest BCUT2D eigenvalue weighted by Gasteiger charge is -2.37. The van der Waals surface area contributed by atoms with Gasteiger partial charge in [-0.1, -0.05) is 13.5 Å². The zero-order chi connectivity index (χ0) is 13.9. The number of hydrogen-bond acceptors (Lipinski definition) is 4. The van der Waals surface area contributed by atoms with Crippen LogP contribution in [0.2, 0.25) is 0 Å². The molecule has 1 N–H and O–H groups in total. The number of ketones is 1. The number of ether oxygens (including phenoxy) is 1. The molecule has 3 rings (SSSR count). The third kappa shape index (κ3) is 1.49. The van der Waals surface area contributed by atoms with Crippen molar-refractivity contribution in [2.75, 3.05) is 0 Å². The lowest BCUT2D eigenvalue weighted by molar-refractivity contribution is -0.152. The van der Waals surface area contributed by atoms with E-state index in [0.717, 1.165) is 12.8 Å². The Hall–Kier alpha value is -1.16. The van der Waals surface area contributed by atoms with Gasteiger partial charge < -0.3 is 9.84 Å². The van der Waals surface area contributed by atoms with Crippen molar-refractivity contribution in [2.45, 2.75) is 45.3 Å². The van der Waals surface area contributed by atoms with Gasteiger partial charge in [-0.3, -0.25) is 4.79 Å². The summed E-state index contributed by atoms with van der Waals surface area (Å²) < 4.78 is 5.47. The van der Waals surface area contributed by atoms with E-state index >= 15 is 0 Å². The summed E-state index contributed by atoms with van der Waals surface area (Å²) in [6.45, 7) is 7.77. The van der Waals surface area contributed by atoms with E-state index in [4.69, 9.17) is 4.74 Å². The van der Waals surface area contributed by atoms with E-state index in [1.807, 2.05) is 6.92 Å². The normalized spacial score (nSPS) is 49.6. The van der Waals surface area contributed by atoms with Crippen LogP contribution in [0.4, 0.5) is 0 Å². The molecule has 1 aliphatic heterocycles. The lowest BCUT2D eigenvalue weighted by Crippen LogP contribution is -2.46. The van der Waals surface area contributed by atoms with Crippen molar-refractivity contribution in [3.05, 3.63) is 12.2 Å². The first-order chi connectivity index (χ1) is 8.87. The zero-order valence-corrected chi connectivity index (χ0v) is 11.4. The average Bonchev–Trinajstić information content (AvgIpc) is 2.70. The molecule has 0 spiro atoms. The van der Waals surface area contributed by atoms with Crippen LogP contribution in [-0.4, -0.2) is 29.1 Å². The highest BCUT2D eigenvalue weighted by molar-refractivity contribution is 5.94. The van der Waals surface area contributed by atoms with Gasteiger partial charge in [0.1, 0.15) is 11.9 Å². The maximum Gasteiger partial charge on any atom is 0.334 e. The van der Waals surface area contributed by atoms with Crippen LogP contribution in [0.15, 0.2) is 12.2 Å². The first-order valence-electron chi connectivity index (χ1n) is 6.98. The van der Waals surface area contributed by atoms with Gasteiger partial charge in [-0.25, -0.2) is 4.79 Å². The molecule has 0 amide bonds. The number of carbonyl (C=O) groups excluding carboxylic acids is 2. The molecular weight excluding hydrogens is 244 g/mol. The Morgan fingerprint density at radius 1 is 1.37 bits per heavy atom. The molecule has 3 aliphatic rings. The minimum Gasteiger partial charge on any atom is -0.457 e. The fraction of sp³-hybridized carbons (Fsp3) is 0.733. The second-order valence-electron chi connectivity index (χ2n) is 6.52. The monoisotopic (exact) mass is 264 g/mol. The molecule has 104 valence electrons. The van der Waals surface area contributed by atoms with E-state index in [0.29, 0.717) is 5.57 Å². The van der Waals surface area contributed by atoms with Gasteiger partial charge >= 0.3 is 5.97 Å². The molecule has 6 unspecified atom stereocenters. The van der Waals surface area contributed by atoms with Crippen molar-refractivity contribution < 1.29 is 19.4 Å². The van der Waals surface area contributed by atoms with Gasteiger partial charge in [0.25, 0.3) is 0 Å². The molecule has 0 aromatic heterocycles. The molecule has 0 bridgehead atoms. The number of Topliss-reactive ketones (excluding diaryl/α,β-unsaturated/α-hetero) is 1. The molecule has 0 radical (unpaired) electrons. The number of aliphatic hydroxyl groups excluding tert-OH is 1. The van der Waals surface area contributed by atoms with Gasteiger partial charge in [0, 0.05) is 23.8 Å². The maximum atomic E-state index is 12.4. The van der Waals surface area contributed by atoms with E-state index in [1.165, 1.54) is 0 Å². The second-order valence-corrected chi connectivity index (χ2v) is 6.52. The highest BCUT2D eigenvalue weighted by Gasteiger charge is 2.63. The molecule has 4 nitrogen and oxygen atoms in total. The first kappa shape index (κ1) is 12.9. The Bertz CT molecular complexity index is 469. The van der Waals surface area contributed by atoms with Gasteiger partial charge in [-0.15, -0.1) is 0 Å². The molecule has 3 fully saturated rings. The number of esters is 1. The maximum absolute atomic E-state index is 12.4. The molecule has 19 heavy (non-hydrogen) atoms. The number of hydrogen-bond donors (Lipinski definition) is 1. The Labute approximate surface area is 112 Å². The highest BCUT2D eigenvalue weighted by atomic mass is 16.6. The Morgan fingerprint density at radius 2 is 2.05 bits per heavy atom.